The molecular weight excluding hydrogens is 321 g/mol. The smallest absolute Gasteiger partial charge is 0.338 e. The van der Waals surface area contributed by atoms with Crippen LogP contribution < -0.4 is 5.32 Å². The number of hydrogen-bond donors (Lipinski definition) is 1. The maximum atomic E-state index is 13.3. The number of esters is 1. The molecular formula is C17H15ClFNO3. The summed E-state index contributed by atoms with van der Waals surface area (Å²) in [6.45, 7) is 3.67. The van der Waals surface area contributed by atoms with Gasteiger partial charge in [0.15, 0.2) is 0 Å². The maximum absolute atomic E-state index is 13.3. The lowest BCUT2D eigenvalue weighted by molar-refractivity contribution is 0.0526. The Morgan fingerprint density at radius 2 is 1.96 bits per heavy atom. The second kappa shape index (κ2) is 7.24. The molecule has 0 saturated heterocycles. The van der Waals surface area contributed by atoms with Crippen molar-refractivity contribution < 1.29 is 18.7 Å². The van der Waals surface area contributed by atoms with E-state index >= 15 is 0 Å². The number of nitrogens with one attached hydrogen (secondary N) is 1. The molecule has 0 unspecified atom stereocenters. The minimum Gasteiger partial charge on any atom is -0.462 e. The standard InChI is InChI=1S/C17H15ClFNO3/c1-3-23-17(22)11-5-7-15(14(18)8-11)20-16(21)13-9-12(19)6-4-10(13)2/h4-9H,3H2,1-2H3,(H,20,21). The quantitative estimate of drug-likeness (QED) is 0.851. The molecule has 0 radical (unpaired) electrons. The topological polar surface area (TPSA) is 55.4 Å². The highest BCUT2D eigenvalue weighted by molar-refractivity contribution is 6.34. The summed E-state index contributed by atoms with van der Waals surface area (Å²) in [4.78, 5) is 23.9. The lowest BCUT2D eigenvalue weighted by Crippen LogP contribution is -2.14. The number of ether oxygens (including phenoxy) is 1. The lowest BCUT2D eigenvalue weighted by atomic mass is 10.1. The molecule has 0 saturated carbocycles. The summed E-state index contributed by atoms with van der Waals surface area (Å²) in [6.07, 6.45) is 0. The van der Waals surface area contributed by atoms with Gasteiger partial charge in [0, 0.05) is 5.56 Å². The van der Waals surface area contributed by atoms with Crippen molar-refractivity contribution in [3.63, 3.8) is 0 Å². The van der Waals surface area contributed by atoms with Gasteiger partial charge in [-0.25, -0.2) is 9.18 Å². The number of aryl methyl sites for hydroxylation is 1. The normalized spacial score (nSPS) is 10.3. The lowest BCUT2D eigenvalue weighted by Gasteiger charge is -2.10. The largest absolute Gasteiger partial charge is 0.462 e. The van der Waals surface area contributed by atoms with E-state index in [0.29, 0.717) is 11.3 Å². The van der Waals surface area contributed by atoms with E-state index < -0.39 is 17.7 Å². The molecule has 0 fully saturated rings. The van der Waals surface area contributed by atoms with Gasteiger partial charge >= 0.3 is 5.97 Å². The van der Waals surface area contributed by atoms with Crippen LogP contribution >= 0.6 is 11.6 Å². The molecule has 2 rings (SSSR count). The first kappa shape index (κ1) is 17.0. The monoisotopic (exact) mass is 335 g/mol. The first-order chi connectivity index (χ1) is 10.9. The van der Waals surface area contributed by atoms with E-state index in [4.69, 9.17) is 16.3 Å². The molecule has 0 aliphatic heterocycles. The molecule has 120 valence electrons. The highest BCUT2D eigenvalue weighted by Crippen LogP contribution is 2.24. The van der Waals surface area contributed by atoms with Crippen LogP contribution in [0.1, 0.15) is 33.2 Å². The third-order valence-electron chi connectivity index (χ3n) is 3.17. The van der Waals surface area contributed by atoms with Gasteiger partial charge < -0.3 is 10.1 Å². The Bertz CT molecular complexity index is 761. The van der Waals surface area contributed by atoms with Crippen molar-refractivity contribution >= 4 is 29.2 Å². The summed E-state index contributed by atoms with van der Waals surface area (Å²) < 4.78 is 18.2. The van der Waals surface area contributed by atoms with Gasteiger partial charge in [0.05, 0.1) is 22.9 Å². The van der Waals surface area contributed by atoms with Crippen LogP contribution in [-0.4, -0.2) is 18.5 Å². The molecule has 0 heterocycles. The van der Waals surface area contributed by atoms with Crippen LogP contribution in [0.25, 0.3) is 0 Å². The Morgan fingerprint density at radius 1 is 1.22 bits per heavy atom. The Balaban J connectivity index is 2.21. The molecule has 0 atom stereocenters. The summed E-state index contributed by atoms with van der Waals surface area (Å²) in [7, 11) is 0. The summed E-state index contributed by atoms with van der Waals surface area (Å²) in [5.41, 5.74) is 1.48. The second-order valence-electron chi connectivity index (χ2n) is 4.83. The molecule has 1 amide bonds. The Labute approximate surface area is 138 Å². The van der Waals surface area contributed by atoms with Crippen LogP contribution in [0.3, 0.4) is 0 Å². The number of benzene rings is 2. The third kappa shape index (κ3) is 4.07. The van der Waals surface area contributed by atoms with Crippen molar-refractivity contribution in [1.82, 2.24) is 0 Å². The Morgan fingerprint density at radius 3 is 2.61 bits per heavy atom. The van der Waals surface area contributed by atoms with Crippen LogP contribution in [0.2, 0.25) is 5.02 Å². The minimum atomic E-state index is -0.496. The van der Waals surface area contributed by atoms with E-state index in [9.17, 15) is 14.0 Å². The number of anilines is 1. The van der Waals surface area contributed by atoms with Crippen LogP contribution in [-0.2, 0) is 4.74 Å². The summed E-state index contributed by atoms with van der Waals surface area (Å²) in [5, 5.41) is 2.80. The average Bonchev–Trinajstić information content (AvgIpc) is 2.51. The molecule has 23 heavy (non-hydrogen) atoms. The number of carbonyl (C=O) groups is 2. The first-order valence-electron chi connectivity index (χ1n) is 6.96. The summed E-state index contributed by atoms with van der Waals surface area (Å²) in [5.74, 6) is -1.47. The van der Waals surface area contributed by atoms with Crippen molar-refractivity contribution in [3.8, 4) is 0 Å². The van der Waals surface area contributed by atoms with Gasteiger partial charge in [-0.1, -0.05) is 17.7 Å². The van der Waals surface area contributed by atoms with Gasteiger partial charge in [-0.3, -0.25) is 4.79 Å². The molecule has 0 bridgehead atoms. The first-order valence-corrected chi connectivity index (χ1v) is 7.34. The van der Waals surface area contributed by atoms with Gasteiger partial charge in [0.2, 0.25) is 0 Å². The summed E-state index contributed by atoms with van der Waals surface area (Å²) in [6, 6.07) is 8.38. The van der Waals surface area contributed by atoms with Crippen molar-refractivity contribution in [2.24, 2.45) is 0 Å². The van der Waals surface area contributed by atoms with Gasteiger partial charge in [0.25, 0.3) is 5.91 Å². The van der Waals surface area contributed by atoms with Crippen molar-refractivity contribution in [3.05, 3.63) is 63.9 Å². The fourth-order valence-electron chi connectivity index (χ4n) is 1.99. The van der Waals surface area contributed by atoms with Gasteiger partial charge in [0.1, 0.15) is 5.82 Å². The van der Waals surface area contributed by atoms with E-state index in [1.807, 2.05) is 0 Å². The number of rotatable bonds is 4. The summed E-state index contributed by atoms with van der Waals surface area (Å²) >= 11 is 6.08. The third-order valence-corrected chi connectivity index (χ3v) is 3.49. The van der Waals surface area contributed by atoms with Gasteiger partial charge in [-0.2, -0.15) is 0 Å². The molecule has 0 aliphatic carbocycles. The van der Waals surface area contributed by atoms with Crippen LogP contribution in [0.4, 0.5) is 10.1 Å². The van der Waals surface area contributed by atoms with E-state index in [1.165, 1.54) is 30.3 Å². The van der Waals surface area contributed by atoms with Crippen LogP contribution in [0, 0.1) is 12.7 Å². The molecule has 1 N–H and O–H groups in total. The van der Waals surface area contributed by atoms with Crippen molar-refractivity contribution in [2.45, 2.75) is 13.8 Å². The molecule has 6 heteroatoms. The Kier molecular flexibility index (Phi) is 5.34. The number of halogens is 2. The molecule has 2 aromatic carbocycles. The zero-order chi connectivity index (χ0) is 17.0. The van der Waals surface area contributed by atoms with E-state index in [1.54, 1.807) is 13.8 Å². The number of carbonyl (C=O) groups excluding carboxylic acids is 2. The predicted octanol–water partition coefficient (Wildman–Crippen LogP) is 4.22. The number of hydrogen-bond acceptors (Lipinski definition) is 3. The molecule has 0 aromatic heterocycles. The fraction of sp³-hybridized carbons (Fsp3) is 0.176. The van der Waals surface area contributed by atoms with Crippen LogP contribution in [0.5, 0.6) is 0 Å². The predicted molar refractivity (Wildman–Crippen MR) is 86.5 cm³/mol. The highest BCUT2D eigenvalue weighted by Gasteiger charge is 2.14. The average molecular weight is 336 g/mol. The SMILES string of the molecule is CCOC(=O)c1ccc(NC(=O)c2cc(F)ccc2C)c(Cl)c1. The van der Waals surface area contributed by atoms with Crippen LogP contribution in [0.15, 0.2) is 36.4 Å². The van der Waals surface area contributed by atoms with E-state index in [2.05, 4.69) is 5.32 Å². The molecule has 0 aliphatic rings. The Hall–Kier alpha value is -2.40. The van der Waals surface area contributed by atoms with E-state index in [0.717, 1.165) is 6.07 Å². The zero-order valence-electron chi connectivity index (χ0n) is 12.7. The van der Waals surface area contributed by atoms with E-state index in [-0.39, 0.29) is 22.8 Å². The van der Waals surface area contributed by atoms with Crippen molar-refractivity contribution in [2.75, 3.05) is 11.9 Å². The van der Waals surface area contributed by atoms with Gasteiger partial charge in [-0.15, -0.1) is 0 Å². The fourth-order valence-corrected chi connectivity index (χ4v) is 2.21. The molecule has 4 nitrogen and oxygen atoms in total. The second-order valence-corrected chi connectivity index (χ2v) is 5.24. The minimum absolute atomic E-state index is 0.193. The zero-order valence-corrected chi connectivity index (χ0v) is 13.4. The highest BCUT2D eigenvalue weighted by atomic mass is 35.5. The number of amides is 1. The van der Waals surface area contributed by atoms with Crippen molar-refractivity contribution in [1.29, 1.82) is 0 Å². The molecule has 0 spiro atoms. The maximum Gasteiger partial charge on any atom is 0.338 e. The molecule has 2 aromatic rings. The van der Waals surface area contributed by atoms with Gasteiger partial charge in [-0.05, 0) is 49.7 Å².